The van der Waals surface area contributed by atoms with Crippen molar-refractivity contribution in [3.8, 4) is 0 Å². The molecule has 1 aromatic heterocycles. The van der Waals surface area contributed by atoms with Gasteiger partial charge in [0.05, 0.1) is 5.75 Å². The molecule has 0 aliphatic heterocycles. The van der Waals surface area contributed by atoms with Gasteiger partial charge in [-0.25, -0.2) is 4.98 Å². The van der Waals surface area contributed by atoms with Gasteiger partial charge in [-0.3, -0.25) is 0 Å². The number of anilines is 1. The van der Waals surface area contributed by atoms with Crippen LogP contribution in [-0.4, -0.2) is 15.9 Å². The Morgan fingerprint density at radius 1 is 1.44 bits per heavy atom. The molecule has 0 aliphatic carbocycles. The normalized spacial score (nSPS) is 10.6. The maximum atomic E-state index is 4.45. The van der Waals surface area contributed by atoms with Crippen LogP contribution in [0.4, 0.5) is 5.13 Å². The van der Waals surface area contributed by atoms with Gasteiger partial charge < -0.3 is 5.32 Å². The Hall–Kier alpha value is -0.590. The molecular formula is C12H14BrN3S2. The Labute approximate surface area is 124 Å². The van der Waals surface area contributed by atoms with E-state index in [-0.39, 0.29) is 0 Å². The molecule has 0 unspecified atom stereocenters. The minimum absolute atomic E-state index is 0.806. The van der Waals surface area contributed by atoms with Crippen molar-refractivity contribution in [3.63, 3.8) is 0 Å². The summed E-state index contributed by atoms with van der Waals surface area (Å²) < 4.78 is 5.44. The van der Waals surface area contributed by atoms with Gasteiger partial charge in [-0.05, 0) is 24.6 Å². The highest BCUT2D eigenvalue weighted by atomic mass is 79.9. The maximum Gasteiger partial charge on any atom is 0.202 e. The summed E-state index contributed by atoms with van der Waals surface area (Å²) in [4.78, 5) is 5.67. The van der Waals surface area contributed by atoms with Crippen molar-refractivity contribution in [1.82, 2.24) is 9.36 Å². The first-order valence-corrected chi connectivity index (χ1v) is 8.28. The number of rotatable bonds is 6. The highest BCUT2D eigenvalue weighted by Crippen LogP contribution is 2.25. The second-order valence-electron chi connectivity index (χ2n) is 3.69. The molecule has 1 aromatic carbocycles. The molecule has 0 amide bonds. The van der Waals surface area contributed by atoms with Crippen LogP contribution in [0, 0.1) is 0 Å². The van der Waals surface area contributed by atoms with Gasteiger partial charge in [-0.2, -0.15) is 4.37 Å². The Morgan fingerprint density at radius 2 is 2.33 bits per heavy atom. The van der Waals surface area contributed by atoms with Crippen molar-refractivity contribution in [2.75, 3.05) is 11.9 Å². The molecule has 1 N–H and O–H groups in total. The quantitative estimate of drug-likeness (QED) is 0.788. The SMILES string of the molecule is CCCNc1nc(CSc2cccc(Br)c2)ns1. The van der Waals surface area contributed by atoms with E-state index in [1.54, 1.807) is 11.8 Å². The fourth-order valence-electron chi connectivity index (χ4n) is 1.32. The molecule has 2 aromatic rings. The minimum atomic E-state index is 0.806. The third-order valence-corrected chi connectivity index (χ3v) is 4.35. The Kier molecular flexibility index (Phi) is 5.46. The van der Waals surface area contributed by atoms with Crippen LogP contribution in [0.3, 0.4) is 0 Å². The van der Waals surface area contributed by atoms with Gasteiger partial charge in [-0.15, -0.1) is 11.8 Å². The highest BCUT2D eigenvalue weighted by Gasteiger charge is 2.04. The zero-order valence-electron chi connectivity index (χ0n) is 10.0. The molecule has 6 heteroatoms. The van der Waals surface area contributed by atoms with Crippen LogP contribution < -0.4 is 5.32 Å². The van der Waals surface area contributed by atoms with Gasteiger partial charge in [0.15, 0.2) is 5.82 Å². The van der Waals surface area contributed by atoms with Crippen LogP contribution in [0.1, 0.15) is 19.2 Å². The minimum Gasteiger partial charge on any atom is -0.360 e. The molecule has 18 heavy (non-hydrogen) atoms. The van der Waals surface area contributed by atoms with Crippen LogP contribution in [0.2, 0.25) is 0 Å². The molecule has 0 aliphatic rings. The van der Waals surface area contributed by atoms with Gasteiger partial charge in [0.25, 0.3) is 0 Å². The number of thioether (sulfide) groups is 1. The number of nitrogens with one attached hydrogen (secondary N) is 1. The third kappa shape index (κ3) is 4.26. The first-order valence-electron chi connectivity index (χ1n) is 5.72. The molecule has 2 rings (SSSR count). The summed E-state index contributed by atoms with van der Waals surface area (Å²) in [7, 11) is 0. The second-order valence-corrected chi connectivity index (χ2v) is 6.40. The summed E-state index contributed by atoms with van der Waals surface area (Å²) in [6.07, 6.45) is 1.10. The van der Waals surface area contributed by atoms with Gasteiger partial charge in [0.1, 0.15) is 0 Å². The number of aromatic nitrogens is 2. The van der Waals surface area contributed by atoms with Crippen LogP contribution in [0.25, 0.3) is 0 Å². The number of hydrogen-bond acceptors (Lipinski definition) is 5. The summed E-state index contributed by atoms with van der Waals surface area (Å²) in [6, 6.07) is 8.26. The van der Waals surface area contributed by atoms with Gasteiger partial charge >= 0.3 is 0 Å². The van der Waals surface area contributed by atoms with Crippen LogP contribution in [-0.2, 0) is 5.75 Å². The van der Waals surface area contributed by atoms with Gasteiger partial charge in [0.2, 0.25) is 5.13 Å². The van der Waals surface area contributed by atoms with Crippen molar-refractivity contribution >= 4 is 44.4 Å². The maximum absolute atomic E-state index is 4.45. The van der Waals surface area contributed by atoms with E-state index in [4.69, 9.17) is 0 Å². The van der Waals surface area contributed by atoms with Crippen molar-refractivity contribution in [3.05, 3.63) is 34.6 Å². The number of nitrogens with zero attached hydrogens (tertiary/aromatic N) is 2. The highest BCUT2D eigenvalue weighted by molar-refractivity contribution is 9.10. The predicted molar refractivity (Wildman–Crippen MR) is 82.4 cm³/mol. The van der Waals surface area contributed by atoms with Crippen molar-refractivity contribution in [1.29, 1.82) is 0 Å². The fraction of sp³-hybridized carbons (Fsp3) is 0.333. The van der Waals surface area contributed by atoms with Gasteiger partial charge in [0, 0.05) is 27.4 Å². The van der Waals surface area contributed by atoms with Crippen LogP contribution in [0.5, 0.6) is 0 Å². The van der Waals surface area contributed by atoms with Crippen molar-refractivity contribution in [2.24, 2.45) is 0 Å². The molecule has 3 nitrogen and oxygen atoms in total. The van der Waals surface area contributed by atoms with E-state index in [1.807, 2.05) is 12.1 Å². The Bertz CT molecular complexity index is 502. The number of benzene rings is 1. The molecule has 1 heterocycles. The summed E-state index contributed by atoms with van der Waals surface area (Å²) in [6.45, 7) is 3.09. The molecule has 0 fully saturated rings. The first-order chi connectivity index (χ1) is 8.78. The van der Waals surface area contributed by atoms with E-state index in [2.05, 4.69) is 49.7 Å². The zero-order chi connectivity index (χ0) is 12.8. The van der Waals surface area contributed by atoms with E-state index in [0.717, 1.165) is 34.1 Å². The molecule has 0 atom stereocenters. The Balaban J connectivity index is 1.88. The zero-order valence-corrected chi connectivity index (χ0v) is 13.2. The molecule has 0 radical (unpaired) electrons. The van der Waals surface area contributed by atoms with E-state index >= 15 is 0 Å². The smallest absolute Gasteiger partial charge is 0.202 e. The standard InChI is InChI=1S/C12H14BrN3S2/c1-2-6-14-12-15-11(16-18-12)8-17-10-5-3-4-9(13)7-10/h3-5,7H,2,6,8H2,1H3,(H,14,15,16). The topological polar surface area (TPSA) is 37.8 Å². The van der Waals surface area contributed by atoms with E-state index in [0.29, 0.717) is 0 Å². The predicted octanol–water partition coefficient (Wildman–Crippen LogP) is 4.41. The van der Waals surface area contributed by atoms with E-state index in [9.17, 15) is 0 Å². The number of halogens is 1. The number of hydrogen-bond donors (Lipinski definition) is 1. The van der Waals surface area contributed by atoms with Crippen molar-refractivity contribution < 1.29 is 0 Å². The average molecular weight is 344 g/mol. The molecule has 0 spiro atoms. The fourth-order valence-corrected chi connectivity index (χ4v) is 3.37. The Morgan fingerprint density at radius 3 is 3.11 bits per heavy atom. The summed E-state index contributed by atoms with van der Waals surface area (Å²) in [5, 5.41) is 4.17. The molecular weight excluding hydrogens is 330 g/mol. The lowest BCUT2D eigenvalue weighted by Gasteiger charge is -1.99. The monoisotopic (exact) mass is 343 g/mol. The average Bonchev–Trinajstić information content (AvgIpc) is 2.82. The van der Waals surface area contributed by atoms with Crippen LogP contribution in [0.15, 0.2) is 33.6 Å². The largest absolute Gasteiger partial charge is 0.360 e. The van der Waals surface area contributed by atoms with Crippen molar-refractivity contribution in [2.45, 2.75) is 24.0 Å². The summed E-state index contributed by atoms with van der Waals surface area (Å²) in [5.41, 5.74) is 0. The van der Waals surface area contributed by atoms with E-state index in [1.165, 1.54) is 16.4 Å². The molecule has 0 saturated carbocycles. The second kappa shape index (κ2) is 7.11. The van der Waals surface area contributed by atoms with Gasteiger partial charge in [-0.1, -0.05) is 28.9 Å². The molecule has 0 bridgehead atoms. The summed E-state index contributed by atoms with van der Waals surface area (Å²) >= 11 is 6.65. The lowest BCUT2D eigenvalue weighted by atomic mass is 10.4. The summed E-state index contributed by atoms with van der Waals surface area (Å²) in [5.74, 6) is 1.70. The van der Waals surface area contributed by atoms with E-state index < -0.39 is 0 Å². The lowest BCUT2D eigenvalue weighted by molar-refractivity contribution is 0.972. The third-order valence-electron chi connectivity index (χ3n) is 2.16. The lowest BCUT2D eigenvalue weighted by Crippen LogP contribution is -1.98. The molecule has 96 valence electrons. The first kappa shape index (κ1) is 13.8. The van der Waals surface area contributed by atoms with Crippen LogP contribution >= 0.6 is 39.2 Å². The molecule has 0 saturated heterocycles.